The molecule has 8 heteroatoms. The van der Waals surface area contributed by atoms with E-state index >= 15 is 0 Å². The van der Waals surface area contributed by atoms with Crippen molar-refractivity contribution in [2.45, 2.75) is 6.92 Å². The van der Waals surface area contributed by atoms with E-state index in [1.807, 2.05) is 41.1 Å². The van der Waals surface area contributed by atoms with E-state index in [2.05, 4.69) is 45.9 Å². The Morgan fingerprint density at radius 1 is 1.13 bits per heavy atom. The molecule has 7 nitrogen and oxygen atoms in total. The summed E-state index contributed by atoms with van der Waals surface area (Å²) in [6, 6.07) is 16.3. The first kappa shape index (κ1) is 18.8. The Morgan fingerprint density at radius 2 is 1.97 bits per heavy atom. The Kier molecular flexibility index (Phi) is 5.17. The van der Waals surface area contributed by atoms with E-state index in [0.29, 0.717) is 19.0 Å². The molecule has 5 rings (SSSR count). The van der Waals surface area contributed by atoms with Gasteiger partial charge in [0.2, 0.25) is 0 Å². The van der Waals surface area contributed by atoms with Crippen molar-refractivity contribution in [1.29, 1.82) is 0 Å². The maximum absolute atomic E-state index is 5.53. The number of rotatable bonds is 5. The minimum Gasteiger partial charge on any atom is -0.378 e. The summed E-state index contributed by atoms with van der Waals surface area (Å²) in [4.78, 5) is 8.15. The fraction of sp³-hybridized carbons (Fsp3) is 0.227. The lowest BCUT2D eigenvalue weighted by atomic mass is 10.2. The van der Waals surface area contributed by atoms with Crippen molar-refractivity contribution in [2.24, 2.45) is 5.10 Å². The number of benzene rings is 1. The Labute approximate surface area is 178 Å². The van der Waals surface area contributed by atoms with Crippen LogP contribution in [0.4, 0.5) is 11.6 Å². The maximum atomic E-state index is 5.53. The molecule has 1 aromatic carbocycles. The maximum Gasteiger partial charge on any atom is 0.160 e. The summed E-state index contributed by atoms with van der Waals surface area (Å²) in [6.45, 7) is 5.12. The van der Waals surface area contributed by atoms with Crippen LogP contribution in [-0.2, 0) is 4.74 Å². The van der Waals surface area contributed by atoms with Crippen LogP contribution >= 0.6 is 11.3 Å². The second-order valence-corrected chi connectivity index (χ2v) is 8.05. The molecule has 1 N–H and O–H groups in total. The number of nitrogens with zero attached hydrogens (tertiary/aromatic N) is 5. The number of anilines is 2. The molecule has 0 radical (unpaired) electrons. The first-order valence-corrected chi connectivity index (χ1v) is 10.8. The smallest absolute Gasteiger partial charge is 0.160 e. The molecule has 4 heterocycles. The third-order valence-electron chi connectivity index (χ3n) is 5.08. The average molecular weight is 419 g/mol. The highest BCUT2D eigenvalue weighted by molar-refractivity contribution is 7.11. The molecule has 0 saturated carbocycles. The summed E-state index contributed by atoms with van der Waals surface area (Å²) in [6.07, 6.45) is 1.84. The molecule has 1 aliphatic rings. The Bertz CT molecular complexity index is 1180. The highest BCUT2D eigenvalue weighted by atomic mass is 32.1. The zero-order chi connectivity index (χ0) is 20.3. The van der Waals surface area contributed by atoms with E-state index in [-0.39, 0.29) is 0 Å². The van der Waals surface area contributed by atoms with Crippen molar-refractivity contribution in [2.75, 3.05) is 36.6 Å². The van der Waals surface area contributed by atoms with Gasteiger partial charge in [-0.15, -0.1) is 11.3 Å². The number of thiophene rings is 1. The van der Waals surface area contributed by atoms with Crippen LogP contribution in [0, 0.1) is 6.92 Å². The third kappa shape index (κ3) is 3.79. The number of fused-ring (bicyclic) bond motifs is 1. The predicted molar refractivity (Wildman–Crippen MR) is 122 cm³/mol. The lowest BCUT2D eigenvalue weighted by Gasteiger charge is -2.29. The molecule has 1 saturated heterocycles. The molecule has 0 spiro atoms. The van der Waals surface area contributed by atoms with Crippen LogP contribution in [0.5, 0.6) is 0 Å². The van der Waals surface area contributed by atoms with Crippen LogP contribution in [0.15, 0.2) is 59.0 Å². The van der Waals surface area contributed by atoms with Gasteiger partial charge in [0, 0.05) is 35.7 Å². The van der Waals surface area contributed by atoms with Crippen LogP contribution in [0.25, 0.3) is 16.9 Å². The monoisotopic (exact) mass is 418 g/mol. The van der Waals surface area contributed by atoms with Crippen LogP contribution < -0.4 is 10.3 Å². The van der Waals surface area contributed by atoms with Crippen molar-refractivity contribution in [3.63, 3.8) is 0 Å². The standard InChI is InChI=1S/C22H22N6OS/c1-16-7-12-30-19(16)15-23-25-20-14-22(27-8-10-29-11-9-27)28-21(24-20)13-18(26-28)17-5-3-2-4-6-17/h2-7,12-15H,8-11H2,1H3,(H,24,25). The van der Waals surface area contributed by atoms with Crippen LogP contribution in [0.2, 0.25) is 0 Å². The average Bonchev–Trinajstić information content (AvgIpc) is 3.40. The van der Waals surface area contributed by atoms with Crippen LogP contribution in [-0.4, -0.2) is 47.1 Å². The topological polar surface area (TPSA) is 67.0 Å². The predicted octanol–water partition coefficient (Wildman–Crippen LogP) is 4.05. The second kappa shape index (κ2) is 8.25. The number of hydrogen-bond donors (Lipinski definition) is 1. The Balaban J connectivity index is 1.52. The SMILES string of the molecule is Cc1ccsc1C=NNc1cc(N2CCOCC2)n2nc(-c3ccccc3)cc2n1. The first-order valence-electron chi connectivity index (χ1n) is 9.90. The van der Waals surface area contributed by atoms with E-state index in [1.54, 1.807) is 11.3 Å². The van der Waals surface area contributed by atoms with E-state index in [0.717, 1.165) is 40.7 Å². The number of aryl methyl sites for hydroxylation is 1. The summed E-state index contributed by atoms with van der Waals surface area (Å²) >= 11 is 1.67. The zero-order valence-corrected chi connectivity index (χ0v) is 17.5. The summed E-state index contributed by atoms with van der Waals surface area (Å²) in [5.41, 5.74) is 7.05. The van der Waals surface area contributed by atoms with Gasteiger partial charge in [0.05, 0.1) is 25.1 Å². The third-order valence-corrected chi connectivity index (χ3v) is 6.03. The van der Waals surface area contributed by atoms with Crippen molar-refractivity contribution >= 4 is 34.8 Å². The molecule has 0 aliphatic carbocycles. The van der Waals surface area contributed by atoms with Gasteiger partial charge >= 0.3 is 0 Å². The number of aromatic nitrogens is 3. The summed E-state index contributed by atoms with van der Waals surface area (Å²) < 4.78 is 7.44. The number of hydrogen-bond acceptors (Lipinski definition) is 7. The molecule has 0 bridgehead atoms. The molecule has 152 valence electrons. The van der Waals surface area contributed by atoms with Crippen molar-refractivity contribution in [3.05, 3.63) is 64.4 Å². The summed E-state index contributed by atoms with van der Waals surface area (Å²) in [5, 5.41) is 11.3. The molecule has 3 aromatic heterocycles. The van der Waals surface area contributed by atoms with Gasteiger partial charge < -0.3 is 9.64 Å². The second-order valence-electron chi connectivity index (χ2n) is 7.10. The number of ether oxygens (including phenoxy) is 1. The molecule has 30 heavy (non-hydrogen) atoms. The molecule has 1 aliphatic heterocycles. The van der Waals surface area contributed by atoms with Gasteiger partial charge in [-0.2, -0.15) is 14.7 Å². The molecular weight excluding hydrogens is 396 g/mol. The molecule has 0 atom stereocenters. The van der Waals surface area contributed by atoms with E-state index in [4.69, 9.17) is 14.8 Å². The van der Waals surface area contributed by atoms with Crippen molar-refractivity contribution in [3.8, 4) is 11.3 Å². The summed E-state index contributed by atoms with van der Waals surface area (Å²) in [7, 11) is 0. The molecule has 1 fully saturated rings. The molecule has 0 amide bonds. The Hall–Kier alpha value is -3.23. The quantitative estimate of drug-likeness (QED) is 0.391. The van der Waals surface area contributed by atoms with E-state index in [1.165, 1.54) is 5.56 Å². The van der Waals surface area contributed by atoms with Gasteiger partial charge in [0.15, 0.2) is 11.5 Å². The van der Waals surface area contributed by atoms with Crippen LogP contribution in [0.1, 0.15) is 10.4 Å². The zero-order valence-electron chi connectivity index (χ0n) is 16.7. The van der Waals surface area contributed by atoms with Gasteiger partial charge in [-0.1, -0.05) is 30.3 Å². The Morgan fingerprint density at radius 3 is 2.73 bits per heavy atom. The molecule has 0 unspecified atom stereocenters. The van der Waals surface area contributed by atoms with Gasteiger partial charge in [-0.25, -0.2) is 4.98 Å². The van der Waals surface area contributed by atoms with E-state index < -0.39 is 0 Å². The minimum atomic E-state index is 0.689. The molecule has 4 aromatic rings. The highest BCUT2D eigenvalue weighted by Gasteiger charge is 2.18. The van der Waals surface area contributed by atoms with E-state index in [9.17, 15) is 0 Å². The van der Waals surface area contributed by atoms with Gasteiger partial charge in [-0.05, 0) is 23.9 Å². The number of hydrazone groups is 1. The number of morpholine rings is 1. The molecular formula is C22H22N6OS. The minimum absolute atomic E-state index is 0.689. The van der Waals surface area contributed by atoms with Gasteiger partial charge in [0.1, 0.15) is 5.82 Å². The van der Waals surface area contributed by atoms with Crippen LogP contribution in [0.3, 0.4) is 0 Å². The fourth-order valence-electron chi connectivity index (χ4n) is 3.46. The van der Waals surface area contributed by atoms with Gasteiger partial charge in [0.25, 0.3) is 0 Å². The normalized spacial score (nSPS) is 14.6. The first-order chi connectivity index (χ1) is 14.8. The van der Waals surface area contributed by atoms with Crippen molar-refractivity contribution in [1.82, 2.24) is 14.6 Å². The van der Waals surface area contributed by atoms with Gasteiger partial charge in [-0.3, -0.25) is 5.43 Å². The van der Waals surface area contributed by atoms with Crippen molar-refractivity contribution < 1.29 is 4.74 Å². The lowest BCUT2D eigenvalue weighted by molar-refractivity contribution is 0.122. The summed E-state index contributed by atoms with van der Waals surface area (Å²) in [5.74, 6) is 1.67. The fourth-order valence-corrected chi connectivity index (χ4v) is 4.24. The number of nitrogens with one attached hydrogen (secondary N) is 1. The lowest BCUT2D eigenvalue weighted by Crippen LogP contribution is -2.37. The largest absolute Gasteiger partial charge is 0.378 e. The highest BCUT2D eigenvalue weighted by Crippen LogP contribution is 2.26.